The van der Waals surface area contributed by atoms with Crippen LogP contribution in [0.2, 0.25) is 0 Å². The van der Waals surface area contributed by atoms with Crippen molar-refractivity contribution >= 4 is 5.97 Å². The van der Waals surface area contributed by atoms with Crippen molar-refractivity contribution in [1.29, 1.82) is 0 Å². The molecule has 3 heteroatoms. The number of fused-ring (bicyclic) bond motifs is 4. The number of esters is 1. The Kier molecular flexibility index (Phi) is 4.31. The second-order valence-electron chi connectivity index (χ2n) is 11.7. The molecule has 0 N–H and O–H groups in total. The Balaban J connectivity index is 1.40. The van der Waals surface area contributed by atoms with Gasteiger partial charge >= 0.3 is 5.97 Å². The highest BCUT2D eigenvalue weighted by Crippen LogP contribution is 2.82. The van der Waals surface area contributed by atoms with E-state index in [2.05, 4.69) is 20.8 Å². The van der Waals surface area contributed by atoms with Crippen molar-refractivity contribution < 1.29 is 14.3 Å². The molecule has 0 aromatic heterocycles. The minimum absolute atomic E-state index is 0.135. The monoisotopic (exact) mass is 388 g/mol. The second kappa shape index (κ2) is 6.22. The summed E-state index contributed by atoms with van der Waals surface area (Å²) in [4.78, 5) is 11.3. The molecule has 0 radical (unpaired) electrons. The van der Waals surface area contributed by atoms with E-state index in [1.807, 2.05) is 7.11 Å². The van der Waals surface area contributed by atoms with E-state index in [9.17, 15) is 4.79 Å². The zero-order valence-electron chi connectivity index (χ0n) is 18.6. The molecule has 28 heavy (non-hydrogen) atoms. The fourth-order valence-corrected chi connectivity index (χ4v) is 9.92. The van der Waals surface area contributed by atoms with Crippen LogP contribution in [0.25, 0.3) is 0 Å². The first-order valence-electron chi connectivity index (χ1n) is 11.9. The molecule has 0 bridgehead atoms. The average Bonchev–Trinajstić information content (AvgIpc) is 3.16. The summed E-state index contributed by atoms with van der Waals surface area (Å²) in [6.45, 7) is 9.68. The molecule has 5 fully saturated rings. The van der Waals surface area contributed by atoms with E-state index < -0.39 is 0 Å². The Morgan fingerprint density at radius 3 is 2.57 bits per heavy atom. The smallest absolute Gasteiger partial charge is 0.302 e. The van der Waals surface area contributed by atoms with Crippen molar-refractivity contribution in [3.8, 4) is 0 Å². The summed E-state index contributed by atoms with van der Waals surface area (Å²) in [5.74, 6) is 4.57. The van der Waals surface area contributed by atoms with Gasteiger partial charge in [-0.25, -0.2) is 0 Å². The van der Waals surface area contributed by atoms with Crippen molar-refractivity contribution in [3.05, 3.63) is 0 Å². The number of hydrogen-bond donors (Lipinski definition) is 0. The molecule has 0 heterocycles. The Morgan fingerprint density at radius 2 is 1.89 bits per heavy atom. The Morgan fingerprint density at radius 1 is 1.11 bits per heavy atom. The summed E-state index contributed by atoms with van der Waals surface area (Å²) in [6.07, 6.45) is 11.6. The summed E-state index contributed by atoms with van der Waals surface area (Å²) >= 11 is 0. The highest BCUT2D eigenvalue weighted by atomic mass is 16.5. The first kappa shape index (κ1) is 19.4. The van der Waals surface area contributed by atoms with E-state index in [0.717, 1.165) is 23.7 Å². The third-order valence-electron chi connectivity index (χ3n) is 11.1. The predicted molar refractivity (Wildman–Crippen MR) is 110 cm³/mol. The van der Waals surface area contributed by atoms with E-state index >= 15 is 0 Å². The third kappa shape index (κ3) is 2.29. The van der Waals surface area contributed by atoms with Gasteiger partial charge in [0.1, 0.15) is 0 Å². The van der Waals surface area contributed by atoms with Crippen LogP contribution in [0.15, 0.2) is 0 Å². The molecule has 0 saturated heterocycles. The summed E-state index contributed by atoms with van der Waals surface area (Å²) in [5, 5.41) is 0. The Labute approximate surface area is 171 Å². The highest BCUT2D eigenvalue weighted by molar-refractivity contribution is 5.65. The van der Waals surface area contributed by atoms with Crippen molar-refractivity contribution in [3.63, 3.8) is 0 Å². The van der Waals surface area contributed by atoms with Crippen LogP contribution in [0.3, 0.4) is 0 Å². The second-order valence-corrected chi connectivity index (χ2v) is 11.7. The van der Waals surface area contributed by atoms with Crippen molar-refractivity contribution in [2.75, 3.05) is 13.7 Å². The minimum atomic E-state index is -0.135. The molecule has 3 nitrogen and oxygen atoms in total. The van der Waals surface area contributed by atoms with Gasteiger partial charge in [0.15, 0.2) is 0 Å². The summed E-state index contributed by atoms with van der Waals surface area (Å²) in [6, 6.07) is 0. The zero-order chi connectivity index (χ0) is 19.9. The normalized spacial score (nSPS) is 54.9. The standard InChI is InChI=1S/C25H40O3/c1-15(14-28-16(2)26)19-6-7-20-18-12-22(27-5)25-13-17(25)8-11-24(25,4)21(18)9-10-23(19,20)3/h15,17-22H,6-14H2,1-5H3/t15-,17+,18-,19+,20-,21-,22-,23+,24+,25-/m0/s1. The molecule has 5 aliphatic carbocycles. The largest absolute Gasteiger partial charge is 0.466 e. The molecule has 158 valence electrons. The van der Waals surface area contributed by atoms with E-state index in [0.29, 0.717) is 40.8 Å². The van der Waals surface area contributed by atoms with E-state index in [4.69, 9.17) is 9.47 Å². The maximum Gasteiger partial charge on any atom is 0.302 e. The van der Waals surface area contributed by atoms with Gasteiger partial charge in [0.2, 0.25) is 0 Å². The number of carbonyl (C=O) groups excluding carboxylic acids is 1. The average molecular weight is 389 g/mol. The van der Waals surface area contributed by atoms with Crippen LogP contribution in [0.5, 0.6) is 0 Å². The van der Waals surface area contributed by atoms with Gasteiger partial charge in [-0.1, -0.05) is 20.8 Å². The van der Waals surface area contributed by atoms with Gasteiger partial charge in [0.25, 0.3) is 0 Å². The first-order valence-corrected chi connectivity index (χ1v) is 11.9. The number of rotatable bonds is 4. The molecule has 5 aliphatic rings. The fraction of sp³-hybridized carbons (Fsp3) is 0.960. The summed E-state index contributed by atoms with van der Waals surface area (Å²) in [5.41, 5.74) is 1.46. The number of hydrogen-bond acceptors (Lipinski definition) is 3. The van der Waals surface area contributed by atoms with E-state index in [1.54, 1.807) is 0 Å². The van der Waals surface area contributed by atoms with Gasteiger partial charge in [0.05, 0.1) is 12.7 Å². The lowest BCUT2D eigenvalue weighted by molar-refractivity contribution is -0.162. The van der Waals surface area contributed by atoms with Crippen LogP contribution in [0.1, 0.15) is 79.1 Å². The Bertz CT molecular complexity index is 660. The van der Waals surface area contributed by atoms with Gasteiger partial charge in [0, 0.05) is 19.4 Å². The van der Waals surface area contributed by atoms with Gasteiger partial charge in [-0.15, -0.1) is 0 Å². The van der Waals surface area contributed by atoms with Crippen molar-refractivity contribution in [2.24, 2.45) is 51.8 Å². The van der Waals surface area contributed by atoms with Gasteiger partial charge in [-0.05, 0) is 97.7 Å². The van der Waals surface area contributed by atoms with Gasteiger partial charge in [-0.2, -0.15) is 0 Å². The molecule has 1 spiro atoms. The maximum atomic E-state index is 11.3. The molecular weight excluding hydrogens is 348 g/mol. The number of carbonyl (C=O) groups is 1. The topological polar surface area (TPSA) is 35.5 Å². The zero-order valence-corrected chi connectivity index (χ0v) is 18.6. The third-order valence-corrected chi connectivity index (χ3v) is 11.1. The molecule has 10 atom stereocenters. The fourth-order valence-electron chi connectivity index (χ4n) is 9.92. The molecular formula is C25H40O3. The lowest BCUT2D eigenvalue weighted by Crippen LogP contribution is -2.57. The molecule has 5 saturated carbocycles. The van der Waals surface area contributed by atoms with Crippen molar-refractivity contribution in [2.45, 2.75) is 85.2 Å². The molecule has 0 amide bonds. The molecule has 0 unspecified atom stereocenters. The van der Waals surface area contributed by atoms with Crippen LogP contribution >= 0.6 is 0 Å². The number of ether oxygens (including phenoxy) is 2. The maximum absolute atomic E-state index is 11.3. The van der Waals surface area contributed by atoms with Crippen LogP contribution in [0.4, 0.5) is 0 Å². The SMILES string of the molecule is CO[C@H]1C[C@H]2[C@@H]3CC[C@H]([C@@H](C)COC(C)=O)[C@@]3(C)CC[C@@H]2[C@@]2(C)CC[C@@H]3C[C@]312. The first-order chi connectivity index (χ1) is 13.3. The molecule has 0 aliphatic heterocycles. The Hall–Kier alpha value is -0.570. The van der Waals surface area contributed by atoms with Crippen LogP contribution in [-0.4, -0.2) is 25.8 Å². The number of methoxy groups -OCH3 is 1. The summed E-state index contributed by atoms with van der Waals surface area (Å²) in [7, 11) is 1.98. The van der Waals surface area contributed by atoms with Gasteiger partial charge in [-0.3, -0.25) is 4.79 Å². The molecule has 5 rings (SSSR count). The predicted octanol–water partition coefficient (Wildman–Crippen LogP) is 5.47. The van der Waals surface area contributed by atoms with Crippen LogP contribution < -0.4 is 0 Å². The quantitative estimate of drug-likeness (QED) is 0.599. The van der Waals surface area contributed by atoms with Crippen molar-refractivity contribution in [1.82, 2.24) is 0 Å². The van der Waals surface area contributed by atoms with E-state index in [1.165, 1.54) is 58.3 Å². The van der Waals surface area contributed by atoms with Crippen LogP contribution in [-0.2, 0) is 14.3 Å². The van der Waals surface area contributed by atoms with Gasteiger partial charge < -0.3 is 9.47 Å². The lowest BCUT2D eigenvalue weighted by Gasteiger charge is -2.61. The summed E-state index contributed by atoms with van der Waals surface area (Å²) < 4.78 is 11.6. The molecule has 0 aromatic rings. The minimum Gasteiger partial charge on any atom is -0.466 e. The lowest BCUT2D eigenvalue weighted by atomic mass is 9.45. The molecule has 0 aromatic carbocycles. The van der Waals surface area contributed by atoms with E-state index in [-0.39, 0.29) is 5.97 Å². The van der Waals surface area contributed by atoms with Crippen LogP contribution in [0, 0.1) is 51.8 Å². The highest BCUT2D eigenvalue weighted by Gasteiger charge is 2.77.